The fourth-order valence-electron chi connectivity index (χ4n) is 1.85. The Labute approximate surface area is 112 Å². The van der Waals surface area contributed by atoms with Gasteiger partial charge in [0.1, 0.15) is 0 Å². The predicted molar refractivity (Wildman–Crippen MR) is 72.8 cm³/mol. The molecule has 0 saturated carbocycles. The van der Waals surface area contributed by atoms with E-state index in [1.54, 1.807) is 0 Å². The van der Waals surface area contributed by atoms with Crippen molar-refractivity contribution in [3.8, 4) is 0 Å². The monoisotopic (exact) mass is 274 g/mol. The highest BCUT2D eigenvalue weighted by Crippen LogP contribution is 2.09. The SMILES string of the molecule is O=C(O)CCCCCNC(=O)CC1CSCCN1. The van der Waals surface area contributed by atoms with Crippen molar-refractivity contribution in [1.29, 1.82) is 0 Å². The lowest BCUT2D eigenvalue weighted by Gasteiger charge is -2.22. The number of carbonyl (C=O) groups is 2. The molecule has 0 aromatic carbocycles. The van der Waals surface area contributed by atoms with Gasteiger partial charge in [-0.05, 0) is 12.8 Å². The van der Waals surface area contributed by atoms with Crippen molar-refractivity contribution in [2.45, 2.75) is 38.1 Å². The molecule has 1 atom stereocenters. The van der Waals surface area contributed by atoms with Crippen molar-refractivity contribution < 1.29 is 14.7 Å². The van der Waals surface area contributed by atoms with E-state index in [-0.39, 0.29) is 12.3 Å². The van der Waals surface area contributed by atoms with Crippen molar-refractivity contribution in [3.05, 3.63) is 0 Å². The summed E-state index contributed by atoms with van der Waals surface area (Å²) in [5.74, 6) is 1.47. The summed E-state index contributed by atoms with van der Waals surface area (Å²) in [7, 11) is 0. The first-order valence-corrected chi connectivity index (χ1v) is 7.63. The molecule has 1 amide bonds. The number of amides is 1. The first-order chi connectivity index (χ1) is 8.68. The molecule has 6 heteroatoms. The minimum atomic E-state index is -0.750. The summed E-state index contributed by atoms with van der Waals surface area (Å²) >= 11 is 1.88. The summed E-state index contributed by atoms with van der Waals surface area (Å²) in [5, 5.41) is 14.7. The smallest absolute Gasteiger partial charge is 0.303 e. The number of nitrogens with one attached hydrogen (secondary N) is 2. The summed E-state index contributed by atoms with van der Waals surface area (Å²) in [5.41, 5.74) is 0. The fraction of sp³-hybridized carbons (Fsp3) is 0.833. The Morgan fingerprint density at radius 2 is 2.17 bits per heavy atom. The number of unbranched alkanes of at least 4 members (excludes halogenated alkanes) is 2. The number of carbonyl (C=O) groups excluding carboxylic acids is 1. The van der Waals surface area contributed by atoms with Gasteiger partial charge in [-0.3, -0.25) is 9.59 Å². The highest BCUT2D eigenvalue weighted by atomic mass is 32.2. The van der Waals surface area contributed by atoms with Crippen molar-refractivity contribution in [2.24, 2.45) is 0 Å². The fourth-order valence-corrected chi connectivity index (χ4v) is 2.80. The molecule has 0 aliphatic carbocycles. The molecular weight excluding hydrogens is 252 g/mol. The average molecular weight is 274 g/mol. The highest BCUT2D eigenvalue weighted by Gasteiger charge is 2.16. The van der Waals surface area contributed by atoms with Crippen LogP contribution in [-0.4, -0.2) is 47.6 Å². The Hall–Kier alpha value is -0.750. The van der Waals surface area contributed by atoms with Gasteiger partial charge < -0.3 is 15.7 Å². The van der Waals surface area contributed by atoms with Gasteiger partial charge in [-0.2, -0.15) is 11.8 Å². The zero-order valence-corrected chi connectivity index (χ0v) is 11.4. The van der Waals surface area contributed by atoms with Crippen molar-refractivity contribution in [1.82, 2.24) is 10.6 Å². The predicted octanol–water partition coefficient (Wildman–Crippen LogP) is 0.843. The Balaban J connectivity index is 1.94. The second-order valence-electron chi connectivity index (χ2n) is 4.48. The Morgan fingerprint density at radius 1 is 1.33 bits per heavy atom. The zero-order chi connectivity index (χ0) is 13.2. The Morgan fingerprint density at radius 3 is 2.83 bits per heavy atom. The van der Waals surface area contributed by atoms with E-state index in [0.717, 1.165) is 30.9 Å². The van der Waals surface area contributed by atoms with E-state index in [9.17, 15) is 9.59 Å². The number of rotatable bonds is 8. The third kappa shape index (κ3) is 7.55. The molecule has 18 heavy (non-hydrogen) atoms. The zero-order valence-electron chi connectivity index (χ0n) is 10.6. The first-order valence-electron chi connectivity index (χ1n) is 6.48. The van der Waals surface area contributed by atoms with Crippen LogP contribution in [0.4, 0.5) is 0 Å². The highest BCUT2D eigenvalue weighted by molar-refractivity contribution is 7.99. The number of aliphatic carboxylic acids is 1. The molecule has 1 rings (SSSR count). The van der Waals surface area contributed by atoms with Crippen LogP contribution >= 0.6 is 11.8 Å². The number of carboxylic acid groups (broad SMARTS) is 1. The molecule has 1 aliphatic rings. The van der Waals surface area contributed by atoms with Crippen LogP contribution in [0.25, 0.3) is 0 Å². The molecule has 0 spiro atoms. The molecule has 0 radical (unpaired) electrons. The molecule has 1 heterocycles. The maximum atomic E-state index is 11.6. The maximum Gasteiger partial charge on any atom is 0.303 e. The minimum absolute atomic E-state index is 0.0910. The van der Waals surface area contributed by atoms with E-state index >= 15 is 0 Å². The van der Waals surface area contributed by atoms with Gasteiger partial charge in [-0.15, -0.1) is 0 Å². The molecule has 1 saturated heterocycles. The van der Waals surface area contributed by atoms with Gasteiger partial charge in [0.05, 0.1) is 0 Å². The second-order valence-corrected chi connectivity index (χ2v) is 5.63. The molecule has 1 unspecified atom stereocenters. The summed E-state index contributed by atoms with van der Waals surface area (Å²) in [4.78, 5) is 21.9. The van der Waals surface area contributed by atoms with Gasteiger partial charge in [0.2, 0.25) is 5.91 Å². The molecule has 104 valence electrons. The summed E-state index contributed by atoms with van der Waals surface area (Å²) in [6, 6.07) is 0.302. The molecular formula is C12H22N2O3S. The van der Waals surface area contributed by atoms with Crippen LogP contribution in [0.2, 0.25) is 0 Å². The molecule has 0 aromatic heterocycles. The molecule has 1 fully saturated rings. The van der Waals surface area contributed by atoms with E-state index < -0.39 is 5.97 Å². The minimum Gasteiger partial charge on any atom is -0.481 e. The molecule has 0 aromatic rings. The van der Waals surface area contributed by atoms with Crippen LogP contribution < -0.4 is 10.6 Å². The van der Waals surface area contributed by atoms with E-state index in [2.05, 4.69) is 10.6 Å². The van der Waals surface area contributed by atoms with Gasteiger partial charge >= 0.3 is 5.97 Å². The topological polar surface area (TPSA) is 78.4 Å². The lowest BCUT2D eigenvalue weighted by molar-refractivity contribution is -0.137. The normalized spacial score (nSPS) is 19.4. The largest absolute Gasteiger partial charge is 0.481 e. The van der Waals surface area contributed by atoms with E-state index in [0.29, 0.717) is 25.4 Å². The van der Waals surface area contributed by atoms with Gasteiger partial charge in [-0.25, -0.2) is 0 Å². The Bertz CT molecular complexity index is 268. The Kier molecular flexibility index (Phi) is 7.84. The third-order valence-corrected chi connectivity index (χ3v) is 3.95. The van der Waals surface area contributed by atoms with Crippen LogP contribution in [0, 0.1) is 0 Å². The molecule has 1 aliphatic heterocycles. The summed E-state index contributed by atoms with van der Waals surface area (Å²) in [6.07, 6.45) is 3.15. The van der Waals surface area contributed by atoms with Crippen molar-refractivity contribution >= 4 is 23.6 Å². The third-order valence-electron chi connectivity index (χ3n) is 2.82. The van der Waals surface area contributed by atoms with Gasteiger partial charge in [-0.1, -0.05) is 6.42 Å². The summed E-state index contributed by atoms with van der Waals surface area (Å²) < 4.78 is 0. The number of hydrogen-bond acceptors (Lipinski definition) is 4. The van der Waals surface area contributed by atoms with Crippen LogP contribution in [0.5, 0.6) is 0 Å². The van der Waals surface area contributed by atoms with E-state index in [1.165, 1.54) is 0 Å². The van der Waals surface area contributed by atoms with Crippen molar-refractivity contribution in [2.75, 3.05) is 24.6 Å². The number of carboxylic acids is 1. The maximum absolute atomic E-state index is 11.6. The van der Waals surface area contributed by atoms with Gasteiger partial charge in [0.25, 0.3) is 0 Å². The van der Waals surface area contributed by atoms with Crippen LogP contribution in [0.1, 0.15) is 32.1 Å². The standard InChI is InChI=1S/C12H22N2O3S/c15-11(8-10-9-18-7-6-13-10)14-5-3-1-2-4-12(16)17/h10,13H,1-9H2,(H,14,15)(H,16,17). The lowest BCUT2D eigenvalue weighted by Crippen LogP contribution is -2.41. The van der Waals surface area contributed by atoms with Crippen LogP contribution in [0.3, 0.4) is 0 Å². The molecule has 0 bridgehead atoms. The molecule has 3 N–H and O–H groups in total. The van der Waals surface area contributed by atoms with Crippen molar-refractivity contribution in [3.63, 3.8) is 0 Å². The van der Waals surface area contributed by atoms with E-state index in [1.807, 2.05) is 11.8 Å². The second kappa shape index (κ2) is 9.22. The first kappa shape index (κ1) is 15.3. The number of thioether (sulfide) groups is 1. The van der Waals surface area contributed by atoms with Crippen LogP contribution in [0.15, 0.2) is 0 Å². The van der Waals surface area contributed by atoms with Crippen LogP contribution in [-0.2, 0) is 9.59 Å². The average Bonchev–Trinajstić information content (AvgIpc) is 2.34. The van der Waals surface area contributed by atoms with E-state index in [4.69, 9.17) is 5.11 Å². The lowest BCUT2D eigenvalue weighted by atomic mass is 10.2. The van der Waals surface area contributed by atoms with Gasteiger partial charge in [0.15, 0.2) is 0 Å². The molecule has 5 nitrogen and oxygen atoms in total. The quantitative estimate of drug-likeness (QED) is 0.572. The van der Waals surface area contributed by atoms with Gasteiger partial charge in [0, 0.05) is 43.5 Å². The number of hydrogen-bond donors (Lipinski definition) is 3. The summed E-state index contributed by atoms with van der Waals surface area (Å²) in [6.45, 7) is 1.64.